The molecule has 362 valence electrons. The molecule has 0 fully saturated rings. The molecule has 71 heavy (non-hydrogen) atoms. The van der Waals surface area contributed by atoms with E-state index in [0.29, 0.717) is 24.6 Å². The molecule has 1 aromatic heterocycles. The van der Waals surface area contributed by atoms with Gasteiger partial charge in [0.15, 0.2) is 22.9 Å². The zero-order valence-electron chi connectivity index (χ0n) is 41.2. The maximum absolute atomic E-state index is 7.15. The van der Waals surface area contributed by atoms with Crippen molar-refractivity contribution in [2.24, 2.45) is 0 Å². The van der Waals surface area contributed by atoms with Crippen molar-refractivity contribution < 1.29 is 18.9 Å². The standard InChI is InChI=1S/C64H67N3O4/c1-65-54-35-27-50(28-36-54)52-31-40-57(41-32-52)68-45-19-11-7-3-5-9-13-21-47-70-63-44-39-56(67-61-25-17-15-23-59(61)60-24-16-18-26-62(60)67)49-64(63)71-48-22-14-10-6-4-8-12-20-46-69-58-42-33-53(34-43-58)51-29-37-55(66-2)38-30-51/h15-18,23-44,49H,3-14,19-22,45-48H2. The number of hydrogen-bond donors (Lipinski definition) is 0. The van der Waals surface area contributed by atoms with Crippen LogP contribution in [-0.2, 0) is 0 Å². The third-order valence-electron chi connectivity index (χ3n) is 13.3. The third kappa shape index (κ3) is 14.5. The molecule has 0 aliphatic rings. The SMILES string of the molecule is [C-]#[N+]c1ccc(-c2ccc(OCCCCCCCCCCOc3ccc(-n4c5ccccc5c5ccccc54)cc3OCCCCCCCCCCOc3ccc(-c4ccc([N+]#[C-])cc4)cc3)cc2)cc1. The van der Waals surface area contributed by atoms with Crippen LogP contribution in [0, 0.1) is 13.1 Å². The fourth-order valence-corrected chi connectivity index (χ4v) is 9.29. The maximum Gasteiger partial charge on any atom is 0.187 e. The van der Waals surface area contributed by atoms with Crippen molar-refractivity contribution >= 4 is 33.2 Å². The Kier molecular flexibility index (Phi) is 19.0. The maximum atomic E-state index is 7.15. The topological polar surface area (TPSA) is 50.6 Å². The van der Waals surface area contributed by atoms with E-state index in [1.165, 1.54) is 86.0 Å². The van der Waals surface area contributed by atoms with E-state index >= 15 is 0 Å². The van der Waals surface area contributed by atoms with Crippen LogP contribution in [-0.4, -0.2) is 31.0 Å². The van der Waals surface area contributed by atoms with Crippen LogP contribution in [0.5, 0.6) is 23.0 Å². The number of aromatic nitrogens is 1. The second-order valence-corrected chi connectivity index (χ2v) is 18.4. The highest BCUT2D eigenvalue weighted by Crippen LogP contribution is 2.36. The molecular weight excluding hydrogens is 875 g/mol. The van der Waals surface area contributed by atoms with E-state index in [2.05, 4.69) is 105 Å². The Morgan fingerprint density at radius 2 is 0.662 bits per heavy atom. The first-order chi connectivity index (χ1) is 35.2. The molecule has 0 saturated carbocycles. The molecule has 0 atom stereocenters. The van der Waals surface area contributed by atoms with Crippen molar-refractivity contribution in [1.82, 2.24) is 4.57 Å². The number of rotatable bonds is 29. The van der Waals surface area contributed by atoms with Crippen LogP contribution < -0.4 is 18.9 Å². The molecule has 8 aromatic rings. The van der Waals surface area contributed by atoms with Gasteiger partial charge in [0, 0.05) is 16.8 Å². The van der Waals surface area contributed by atoms with Gasteiger partial charge in [-0.25, -0.2) is 9.69 Å². The molecule has 1 heterocycles. The summed E-state index contributed by atoms with van der Waals surface area (Å²) in [5.74, 6) is 3.45. The van der Waals surface area contributed by atoms with Gasteiger partial charge in [0.1, 0.15) is 11.5 Å². The molecule has 0 bridgehead atoms. The van der Waals surface area contributed by atoms with Gasteiger partial charge in [-0.15, -0.1) is 0 Å². The van der Waals surface area contributed by atoms with Gasteiger partial charge >= 0.3 is 0 Å². The summed E-state index contributed by atoms with van der Waals surface area (Å²) >= 11 is 0. The lowest BCUT2D eigenvalue weighted by Crippen LogP contribution is -2.04. The number of para-hydroxylation sites is 2. The molecule has 7 nitrogen and oxygen atoms in total. The molecule has 0 N–H and O–H groups in total. The van der Waals surface area contributed by atoms with Gasteiger partial charge in [-0.2, -0.15) is 0 Å². The minimum Gasteiger partial charge on any atom is -0.494 e. The second-order valence-electron chi connectivity index (χ2n) is 18.4. The molecular formula is C64H67N3O4. The zero-order valence-corrected chi connectivity index (χ0v) is 41.2. The quantitative estimate of drug-likeness (QED) is 0.0347. The Morgan fingerprint density at radius 3 is 1.06 bits per heavy atom. The Hall–Kier alpha value is -7.48. The molecule has 0 radical (unpaired) electrons. The normalized spacial score (nSPS) is 11.1. The summed E-state index contributed by atoms with van der Waals surface area (Å²) in [7, 11) is 0. The van der Waals surface area contributed by atoms with Crippen molar-refractivity contribution in [1.29, 1.82) is 0 Å². The predicted molar refractivity (Wildman–Crippen MR) is 293 cm³/mol. The fourth-order valence-electron chi connectivity index (χ4n) is 9.29. The molecule has 0 amide bonds. The van der Waals surface area contributed by atoms with Crippen molar-refractivity contribution in [2.45, 2.75) is 103 Å². The van der Waals surface area contributed by atoms with Gasteiger partial charge < -0.3 is 23.5 Å². The number of unbranched alkanes of at least 4 members (excludes halogenated alkanes) is 14. The van der Waals surface area contributed by atoms with Crippen molar-refractivity contribution in [3.05, 3.63) is 187 Å². The minimum atomic E-state index is 0.659. The van der Waals surface area contributed by atoms with E-state index in [0.717, 1.165) is 103 Å². The average molecular weight is 942 g/mol. The van der Waals surface area contributed by atoms with Crippen LogP contribution in [0.1, 0.15) is 103 Å². The second kappa shape index (κ2) is 27.1. The van der Waals surface area contributed by atoms with Crippen LogP contribution in [0.25, 0.3) is 59.4 Å². The summed E-state index contributed by atoms with van der Waals surface area (Å²) in [5, 5.41) is 2.50. The van der Waals surface area contributed by atoms with Crippen molar-refractivity contribution in [3.8, 4) is 50.9 Å². The average Bonchev–Trinajstić information content (AvgIpc) is 3.76. The molecule has 8 rings (SSSR count). The highest BCUT2D eigenvalue weighted by atomic mass is 16.5. The van der Waals surface area contributed by atoms with Crippen LogP contribution in [0.3, 0.4) is 0 Å². The Labute approximate surface area is 421 Å². The largest absolute Gasteiger partial charge is 0.494 e. The lowest BCUT2D eigenvalue weighted by atomic mass is 10.1. The molecule has 7 heteroatoms. The first kappa shape index (κ1) is 49.9. The first-order valence-corrected chi connectivity index (χ1v) is 26.0. The first-order valence-electron chi connectivity index (χ1n) is 26.0. The number of nitrogens with zero attached hydrogens (tertiary/aromatic N) is 3. The Morgan fingerprint density at radius 1 is 0.324 bits per heavy atom. The Bertz CT molecular complexity index is 2890. The summed E-state index contributed by atoms with van der Waals surface area (Å²) in [5.41, 5.74) is 9.23. The van der Waals surface area contributed by atoms with E-state index in [1.807, 2.05) is 72.8 Å². The fraction of sp³-hybridized carbons (Fsp3) is 0.312. The monoisotopic (exact) mass is 942 g/mol. The smallest absolute Gasteiger partial charge is 0.187 e. The molecule has 0 spiro atoms. The van der Waals surface area contributed by atoms with Gasteiger partial charge in [-0.05, 0) is 96.5 Å². The highest BCUT2D eigenvalue weighted by molar-refractivity contribution is 6.09. The molecule has 0 saturated heterocycles. The van der Waals surface area contributed by atoms with Gasteiger partial charge in [-0.3, -0.25) is 0 Å². The van der Waals surface area contributed by atoms with E-state index in [9.17, 15) is 0 Å². The number of hydrogen-bond acceptors (Lipinski definition) is 4. The summed E-state index contributed by atoms with van der Waals surface area (Å²) < 4.78 is 27.4. The molecule has 0 aliphatic carbocycles. The molecule has 0 aliphatic heterocycles. The van der Waals surface area contributed by atoms with Gasteiger partial charge in [0.2, 0.25) is 0 Å². The molecule has 7 aromatic carbocycles. The minimum absolute atomic E-state index is 0.659. The summed E-state index contributed by atoms with van der Waals surface area (Å²) in [6, 6.07) is 55.6. The zero-order chi connectivity index (χ0) is 48.7. The van der Waals surface area contributed by atoms with Gasteiger partial charge in [-0.1, -0.05) is 186 Å². The van der Waals surface area contributed by atoms with Gasteiger partial charge in [0.25, 0.3) is 0 Å². The van der Waals surface area contributed by atoms with Gasteiger partial charge in [0.05, 0.1) is 56.3 Å². The van der Waals surface area contributed by atoms with E-state index in [1.54, 1.807) is 0 Å². The van der Waals surface area contributed by atoms with E-state index < -0.39 is 0 Å². The predicted octanol–water partition coefficient (Wildman–Crippen LogP) is 18.4. The Balaban J connectivity index is 0.715. The van der Waals surface area contributed by atoms with Crippen LogP contribution in [0.15, 0.2) is 164 Å². The van der Waals surface area contributed by atoms with Crippen LogP contribution >= 0.6 is 0 Å². The lowest BCUT2D eigenvalue weighted by Gasteiger charge is -2.16. The number of fused-ring (bicyclic) bond motifs is 3. The number of ether oxygens (including phenoxy) is 4. The van der Waals surface area contributed by atoms with Crippen molar-refractivity contribution in [2.75, 3.05) is 26.4 Å². The molecule has 0 unspecified atom stereocenters. The summed E-state index contributed by atoms with van der Waals surface area (Å²) in [6.45, 7) is 17.1. The lowest BCUT2D eigenvalue weighted by molar-refractivity contribution is 0.258. The van der Waals surface area contributed by atoms with E-state index in [-0.39, 0.29) is 0 Å². The number of benzene rings is 7. The third-order valence-corrected chi connectivity index (χ3v) is 13.3. The van der Waals surface area contributed by atoms with Crippen molar-refractivity contribution in [3.63, 3.8) is 0 Å². The van der Waals surface area contributed by atoms with E-state index in [4.69, 9.17) is 32.1 Å². The van der Waals surface area contributed by atoms with Crippen LogP contribution in [0.4, 0.5) is 11.4 Å². The summed E-state index contributed by atoms with van der Waals surface area (Å²) in [6.07, 6.45) is 18.7. The summed E-state index contributed by atoms with van der Waals surface area (Å²) in [4.78, 5) is 6.96. The highest BCUT2D eigenvalue weighted by Gasteiger charge is 2.15. The van der Waals surface area contributed by atoms with Crippen LogP contribution in [0.2, 0.25) is 0 Å².